The molecule has 0 aliphatic carbocycles. The number of hydrogen-bond acceptors (Lipinski definition) is 4. The SMILES string of the molecule is CCCCNC(=O)[C@@H](C)N(Cc1ccc(F)cc1)C(=O)CN(c1ccccc1)S(=O)(=O)c1ccc(F)cc1. The quantitative estimate of drug-likeness (QED) is 0.341. The number of hydrogen-bond donors (Lipinski definition) is 1. The molecule has 0 aromatic heterocycles. The van der Waals surface area contributed by atoms with Crippen molar-refractivity contribution in [3.8, 4) is 0 Å². The van der Waals surface area contributed by atoms with Crippen LogP contribution in [0.5, 0.6) is 0 Å². The number of sulfonamides is 1. The highest BCUT2D eigenvalue weighted by Crippen LogP contribution is 2.24. The van der Waals surface area contributed by atoms with Crippen molar-refractivity contribution in [3.05, 3.63) is 96.1 Å². The molecule has 38 heavy (non-hydrogen) atoms. The highest BCUT2D eigenvalue weighted by molar-refractivity contribution is 7.92. The molecule has 0 spiro atoms. The maximum absolute atomic E-state index is 13.7. The van der Waals surface area contributed by atoms with Gasteiger partial charge in [-0.15, -0.1) is 0 Å². The lowest BCUT2D eigenvalue weighted by atomic mass is 10.1. The third-order valence-corrected chi connectivity index (χ3v) is 7.78. The summed E-state index contributed by atoms with van der Waals surface area (Å²) in [7, 11) is -4.27. The molecular weight excluding hydrogens is 512 g/mol. The summed E-state index contributed by atoms with van der Waals surface area (Å²) in [5.74, 6) is -2.07. The summed E-state index contributed by atoms with van der Waals surface area (Å²) >= 11 is 0. The van der Waals surface area contributed by atoms with Gasteiger partial charge in [-0.1, -0.05) is 43.7 Å². The molecular formula is C28H31F2N3O4S. The third kappa shape index (κ3) is 7.38. The van der Waals surface area contributed by atoms with Crippen LogP contribution in [0.3, 0.4) is 0 Å². The standard InChI is InChI=1S/C28H31F2N3O4S/c1-3-4-18-31-28(35)21(2)32(19-22-10-12-23(29)13-11-22)27(34)20-33(25-8-6-5-7-9-25)38(36,37)26-16-14-24(30)15-17-26/h5-17,21H,3-4,18-20H2,1-2H3,(H,31,35)/t21-/m1/s1. The Hall–Kier alpha value is -3.79. The molecule has 0 radical (unpaired) electrons. The fraction of sp³-hybridized carbons (Fsp3) is 0.286. The Balaban J connectivity index is 1.96. The van der Waals surface area contributed by atoms with Crippen molar-refractivity contribution in [3.63, 3.8) is 0 Å². The molecule has 3 aromatic rings. The molecule has 0 aliphatic rings. The number of nitrogens with one attached hydrogen (secondary N) is 1. The molecule has 0 unspecified atom stereocenters. The Morgan fingerprint density at radius 3 is 2.05 bits per heavy atom. The van der Waals surface area contributed by atoms with Crippen LogP contribution >= 0.6 is 0 Å². The van der Waals surface area contributed by atoms with Crippen molar-refractivity contribution < 1.29 is 26.8 Å². The van der Waals surface area contributed by atoms with Gasteiger partial charge in [-0.25, -0.2) is 17.2 Å². The summed E-state index contributed by atoms with van der Waals surface area (Å²) in [4.78, 5) is 27.7. The van der Waals surface area contributed by atoms with Gasteiger partial charge in [0.2, 0.25) is 11.8 Å². The van der Waals surface area contributed by atoms with Crippen LogP contribution in [-0.4, -0.2) is 44.3 Å². The number of carbonyl (C=O) groups excluding carboxylic acids is 2. The molecule has 7 nitrogen and oxygen atoms in total. The lowest BCUT2D eigenvalue weighted by Crippen LogP contribution is -2.51. The number of anilines is 1. The van der Waals surface area contributed by atoms with E-state index in [9.17, 15) is 26.8 Å². The normalized spacial score (nSPS) is 12.0. The van der Waals surface area contributed by atoms with Gasteiger partial charge >= 0.3 is 0 Å². The number of nitrogens with zero attached hydrogens (tertiary/aromatic N) is 2. The summed E-state index contributed by atoms with van der Waals surface area (Å²) in [5, 5.41) is 2.80. The predicted molar refractivity (Wildman–Crippen MR) is 142 cm³/mol. The topological polar surface area (TPSA) is 86.8 Å². The zero-order valence-corrected chi connectivity index (χ0v) is 22.1. The van der Waals surface area contributed by atoms with E-state index in [1.165, 1.54) is 29.2 Å². The molecule has 0 saturated heterocycles. The van der Waals surface area contributed by atoms with Crippen LogP contribution in [0.25, 0.3) is 0 Å². The largest absolute Gasteiger partial charge is 0.354 e. The zero-order chi connectivity index (χ0) is 27.7. The first-order valence-electron chi connectivity index (χ1n) is 12.3. The van der Waals surface area contributed by atoms with Gasteiger partial charge in [-0.05, 0) is 67.4 Å². The van der Waals surface area contributed by atoms with E-state index < -0.39 is 40.2 Å². The Kier molecular flexibility index (Phi) is 9.95. The average Bonchev–Trinajstić information content (AvgIpc) is 2.91. The number of unbranched alkanes of at least 4 members (excludes halogenated alkanes) is 1. The number of carbonyl (C=O) groups is 2. The van der Waals surface area contributed by atoms with Crippen molar-refractivity contribution in [2.24, 2.45) is 0 Å². The van der Waals surface area contributed by atoms with Gasteiger partial charge in [-0.3, -0.25) is 13.9 Å². The number of halogens is 2. The third-order valence-electron chi connectivity index (χ3n) is 5.99. The van der Waals surface area contributed by atoms with Crippen molar-refractivity contribution in [2.45, 2.75) is 44.2 Å². The van der Waals surface area contributed by atoms with E-state index >= 15 is 0 Å². The zero-order valence-electron chi connectivity index (χ0n) is 21.3. The number of benzene rings is 3. The van der Waals surface area contributed by atoms with E-state index in [0.29, 0.717) is 12.1 Å². The number of amides is 2. The number of para-hydroxylation sites is 1. The first-order valence-corrected chi connectivity index (χ1v) is 13.7. The minimum atomic E-state index is -4.27. The van der Waals surface area contributed by atoms with Crippen molar-refractivity contribution in [1.29, 1.82) is 0 Å². The van der Waals surface area contributed by atoms with Gasteiger partial charge in [0.15, 0.2) is 0 Å². The van der Waals surface area contributed by atoms with Crippen LogP contribution < -0.4 is 9.62 Å². The molecule has 0 heterocycles. The summed E-state index contributed by atoms with van der Waals surface area (Å²) in [6.07, 6.45) is 1.64. The molecule has 3 rings (SSSR count). The molecule has 0 saturated carbocycles. The van der Waals surface area contributed by atoms with Crippen molar-refractivity contribution >= 4 is 27.5 Å². The molecule has 2 amide bonds. The van der Waals surface area contributed by atoms with Gasteiger partial charge in [0, 0.05) is 13.1 Å². The highest BCUT2D eigenvalue weighted by Gasteiger charge is 2.32. The first-order chi connectivity index (χ1) is 18.1. The minimum absolute atomic E-state index is 0.0410. The first kappa shape index (κ1) is 28.8. The lowest BCUT2D eigenvalue weighted by Gasteiger charge is -2.32. The second kappa shape index (κ2) is 13.1. The average molecular weight is 544 g/mol. The van der Waals surface area contributed by atoms with Crippen LogP contribution in [0.1, 0.15) is 32.3 Å². The fourth-order valence-corrected chi connectivity index (χ4v) is 5.18. The van der Waals surface area contributed by atoms with Crippen LogP contribution in [0.15, 0.2) is 83.8 Å². The highest BCUT2D eigenvalue weighted by atomic mass is 32.2. The van der Waals surface area contributed by atoms with Crippen LogP contribution in [0, 0.1) is 11.6 Å². The van der Waals surface area contributed by atoms with Crippen LogP contribution in [-0.2, 0) is 26.2 Å². The Morgan fingerprint density at radius 2 is 1.47 bits per heavy atom. The molecule has 3 aromatic carbocycles. The second-order valence-electron chi connectivity index (χ2n) is 8.77. The molecule has 1 atom stereocenters. The molecule has 1 N–H and O–H groups in total. The Labute approximate surface area is 222 Å². The number of rotatable bonds is 12. The summed E-state index contributed by atoms with van der Waals surface area (Å²) in [5.41, 5.74) is 0.799. The van der Waals surface area contributed by atoms with Gasteiger partial charge in [0.25, 0.3) is 10.0 Å². The predicted octanol–water partition coefficient (Wildman–Crippen LogP) is 4.49. The van der Waals surface area contributed by atoms with Crippen molar-refractivity contribution in [2.75, 3.05) is 17.4 Å². The summed E-state index contributed by atoms with van der Waals surface area (Å²) < 4.78 is 55.1. The minimum Gasteiger partial charge on any atom is -0.354 e. The van der Waals surface area contributed by atoms with Crippen LogP contribution in [0.4, 0.5) is 14.5 Å². The van der Waals surface area contributed by atoms with Crippen molar-refractivity contribution in [1.82, 2.24) is 10.2 Å². The van der Waals surface area contributed by atoms with Crippen LogP contribution in [0.2, 0.25) is 0 Å². The van der Waals surface area contributed by atoms with Gasteiger partial charge in [0.1, 0.15) is 24.2 Å². The van der Waals surface area contributed by atoms with Gasteiger partial charge in [0.05, 0.1) is 10.6 Å². The van der Waals surface area contributed by atoms with Gasteiger partial charge < -0.3 is 10.2 Å². The van der Waals surface area contributed by atoms with E-state index in [4.69, 9.17) is 0 Å². The Morgan fingerprint density at radius 1 is 0.895 bits per heavy atom. The maximum atomic E-state index is 13.7. The fourth-order valence-electron chi connectivity index (χ4n) is 3.76. The van der Waals surface area contributed by atoms with E-state index in [-0.39, 0.29) is 23.0 Å². The maximum Gasteiger partial charge on any atom is 0.264 e. The van der Waals surface area contributed by atoms with E-state index in [2.05, 4.69) is 5.32 Å². The molecule has 0 bridgehead atoms. The van der Waals surface area contributed by atoms with E-state index in [1.54, 1.807) is 37.3 Å². The lowest BCUT2D eigenvalue weighted by molar-refractivity contribution is -0.139. The smallest absolute Gasteiger partial charge is 0.264 e. The molecule has 202 valence electrons. The second-order valence-corrected chi connectivity index (χ2v) is 10.6. The van der Waals surface area contributed by atoms with E-state index in [1.807, 2.05) is 6.92 Å². The molecule has 0 aliphatic heterocycles. The molecule has 0 fully saturated rings. The summed E-state index contributed by atoms with van der Waals surface area (Å²) in [6, 6.07) is 16.9. The Bertz CT molecular complexity index is 1320. The van der Waals surface area contributed by atoms with Gasteiger partial charge in [-0.2, -0.15) is 0 Å². The van der Waals surface area contributed by atoms with E-state index in [0.717, 1.165) is 41.4 Å². The summed E-state index contributed by atoms with van der Waals surface area (Å²) in [6.45, 7) is 3.33. The monoisotopic (exact) mass is 543 g/mol. The molecule has 10 heteroatoms.